The van der Waals surface area contributed by atoms with Crippen molar-refractivity contribution in [3.63, 3.8) is 0 Å². The lowest BCUT2D eigenvalue weighted by molar-refractivity contribution is -0.137. The highest BCUT2D eigenvalue weighted by Gasteiger charge is 2.14. The highest BCUT2D eigenvalue weighted by atomic mass is 35.5. The van der Waals surface area contributed by atoms with Crippen LogP contribution < -0.4 is 15.0 Å². The van der Waals surface area contributed by atoms with Crippen molar-refractivity contribution in [1.29, 1.82) is 0 Å². The van der Waals surface area contributed by atoms with Crippen molar-refractivity contribution in [2.24, 2.45) is 0 Å². The van der Waals surface area contributed by atoms with Crippen LogP contribution in [0.2, 0.25) is 10.0 Å². The quantitative estimate of drug-likeness (QED) is 0.800. The van der Waals surface area contributed by atoms with E-state index in [9.17, 15) is 4.79 Å². The monoisotopic (exact) mass is 356 g/mol. The molecule has 1 amide bonds. The average molecular weight is 357 g/mol. The maximum atomic E-state index is 11.5. The first kappa shape index (κ1) is 17.3. The smallest absolute Gasteiger partial charge is 0.284 e. The third-order valence-electron chi connectivity index (χ3n) is 2.70. The number of benzene rings is 1. The summed E-state index contributed by atoms with van der Waals surface area (Å²) in [5.41, 5.74) is 2.20. The van der Waals surface area contributed by atoms with Crippen LogP contribution in [0.15, 0.2) is 36.5 Å². The first-order chi connectivity index (χ1) is 11.0. The SMILES string of the molecule is CONC(=O)C(C)Oc1ccc(Oc2ncc(Cl)cc2Cl)cc1. The summed E-state index contributed by atoms with van der Waals surface area (Å²) < 4.78 is 11.0. The Bertz CT molecular complexity index is 680. The van der Waals surface area contributed by atoms with Crippen molar-refractivity contribution in [1.82, 2.24) is 10.5 Å². The van der Waals surface area contributed by atoms with E-state index in [-0.39, 0.29) is 11.8 Å². The predicted octanol–water partition coefficient (Wildman–Crippen LogP) is 3.63. The lowest BCUT2D eigenvalue weighted by Crippen LogP contribution is -2.35. The van der Waals surface area contributed by atoms with Crippen molar-refractivity contribution in [3.05, 3.63) is 46.6 Å². The first-order valence-corrected chi connectivity index (χ1v) is 7.33. The van der Waals surface area contributed by atoms with Crippen LogP contribution in [0.5, 0.6) is 17.4 Å². The zero-order valence-electron chi connectivity index (χ0n) is 12.4. The molecule has 0 spiro atoms. The molecule has 0 aliphatic rings. The highest BCUT2D eigenvalue weighted by Crippen LogP contribution is 2.29. The van der Waals surface area contributed by atoms with E-state index in [2.05, 4.69) is 15.3 Å². The summed E-state index contributed by atoms with van der Waals surface area (Å²) in [6.07, 6.45) is 0.741. The standard InChI is InChI=1S/C15H14Cl2N2O4/c1-9(14(20)19-21-2)22-11-3-5-12(6-4-11)23-15-13(17)7-10(16)8-18-15/h3-9H,1-2H3,(H,19,20). The molecule has 6 nitrogen and oxygen atoms in total. The summed E-state index contributed by atoms with van der Waals surface area (Å²) in [5.74, 6) is 0.886. The molecule has 0 aliphatic heterocycles. The third-order valence-corrected chi connectivity index (χ3v) is 3.17. The molecule has 2 rings (SSSR count). The molecular formula is C15H14Cl2N2O4. The Morgan fingerprint density at radius 2 is 1.87 bits per heavy atom. The van der Waals surface area contributed by atoms with Gasteiger partial charge in [-0.25, -0.2) is 10.5 Å². The zero-order chi connectivity index (χ0) is 16.8. The van der Waals surface area contributed by atoms with E-state index in [4.69, 9.17) is 32.7 Å². The highest BCUT2D eigenvalue weighted by molar-refractivity contribution is 6.35. The summed E-state index contributed by atoms with van der Waals surface area (Å²) in [6.45, 7) is 1.61. The number of nitrogens with zero attached hydrogens (tertiary/aromatic N) is 1. The maximum Gasteiger partial charge on any atom is 0.284 e. The third kappa shape index (κ3) is 4.99. The van der Waals surface area contributed by atoms with Crippen molar-refractivity contribution in [3.8, 4) is 17.4 Å². The molecule has 1 aromatic carbocycles. The number of carbonyl (C=O) groups is 1. The Morgan fingerprint density at radius 3 is 2.48 bits per heavy atom. The summed E-state index contributed by atoms with van der Waals surface area (Å²) >= 11 is 11.8. The summed E-state index contributed by atoms with van der Waals surface area (Å²) in [6, 6.07) is 8.20. The van der Waals surface area contributed by atoms with Crippen LogP contribution in [0.4, 0.5) is 0 Å². The zero-order valence-corrected chi connectivity index (χ0v) is 13.9. The number of carbonyl (C=O) groups excluding carboxylic acids is 1. The summed E-state index contributed by atoms with van der Waals surface area (Å²) in [4.78, 5) is 20.0. The molecule has 122 valence electrons. The van der Waals surface area contributed by atoms with Gasteiger partial charge in [0.15, 0.2) is 6.10 Å². The van der Waals surface area contributed by atoms with E-state index < -0.39 is 6.10 Å². The minimum atomic E-state index is -0.700. The lowest BCUT2D eigenvalue weighted by atomic mass is 10.3. The number of hydroxylamine groups is 1. The van der Waals surface area contributed by atoms with Crippen molar-refractivity contribution < 1.29 is 19.1 Å². The molecule has 1 heterocycles. The molecule has 0 radical (unpaired) electrons. The van der Waals surface area contributed by atoms with Gasteiger partial charge in [-0.3, -0.25) is 9.63 Å². The van der Waals surface area contributed by atoms with Crippen LogP contribution in [-0.4, -0.2) is 24.1 Å². The van der Waals surface area contributed by atoms with Gasteiger partial charge >= 0.3 is 0 Å². The number of rotatable bonds is 6. The minimum Gasteiger partial charge on any atom is -0.481 e. The molecule has 1 N–H and O–H groups in total. The maximum absolute atomic E-state index is 11.5. The van der Waals surface area contributed by atoms with Gasteiger partial charge in [-0.15, -0.1) is 0 Å². The Kier molecular flexibility index (Phi) is 6.04. The van der Waals surface area contributed by atoms with Crippen molar-refractivity contribution in [2.75, 3.05) is 7.11 Å². The molecule has 0 fully saturated rings. The fraction of sp³-hybridized carbons (Fsp3) is 0.200. The molecule has 23 heavy (non-hydrogen) atoms. The van der Waals surface area contributed by atoms with Gasteiger partial charge in [-0.05, 0) is 37.3 Å². The Balaban J connectivity index is 2.00. The Labute approximate surface area is 143 Å². The summed E-state index contributed by atoms with van der Waals surface area (Å²) in [5, 5.41) is 0.733. The number of pyridine rings is 1. The van der Waals surface area contributed by atoms with E-state index >= 15 is 0 Å². The van der Waals surface area contributed by atoms with Crippen LogP contribution in [-0.2, 0) is 9.63 Å². The molecule has 0 saturated carbocycles. The number of aromatic nitrogens is 1. The Morgan fingerprint density at radius 1 is 1.22 bits per heavy atom. The normalized spacial score (nSPS) is 11.7. The van der Waals surface area contributed by atoms with Crippen LogP contribution >= 0.6 is 23.2 Å². The van der Waals surface area contributed by atoms with Crippen LogP contribution in [0.25, 0.3) is 0 Å². The van der Waals surface area contributed by atoms with Gasteiger partial charge in [-0.1, -0.05) is 23.2 Å². The van der Waals surface area contributed by atoms with Crippen LogP contribution in [0, 0.1) is 0 Å². The number of ether oxygens (including phenoxy) is 2. The van der Waals surface area contributed by atoms with Crippen molar-refractivity contribution >= 4 is 29.1 Å². The van der Waals surface area contributed by atoms with E-state index in [1.807, 2.05) is 0 Å². The molecule has 0 aliphatic carbocycles. The molecule has 8 heteroatoms. The topological polar surface area (TPSA) is 69.7 Å². The van der Waals surface area contributed by atoms with Gasteiger partial charge in [0.2, 0.25) is 5.88 Å². The Hall–Kier alpha value is -2.02. The number of halogens is 2. The predicted molar refractivity (Wildman–Crippen MR) is 86.0 cm³/mol. The van der Waals surface area contributed by atoms with Gasteiger partial charge in [0.05, 0.1) is 12.1 Å². The minimum absolute atomic E-state index is 0.248. The van der Waals surface area contributed by atoms with Crippen LogP contribution in [0.3, 0.4) is 0 Å². The molecule has 1 atom stereocenters. The van der Waals surface area contributed by atoms with Gasteiger partial charge in [0.1, 0.15) is 16.5 Å². The second-order valence-electron chi connectivity index (χ2n) is 4.44. The average Bonchev–Trinajstić information content (AvgIpc) is 2.52. The fourth-order valence-corrected chi connectivity index (χ4v) is 2.03. The molecule has 1 aromatic heterocycles. The van der Waals surface area contributed by atoms with Gasteiger partial charge in [0, 0.05) is 6.20 Å². The number of hydrogen-bond acceptors (Lipinski definition) is 5. The van der Waals surface area contributed by atoms with Gasteiger partial charge < -0.3 is 9.47 Å². The van der Waals surface area contributed by atoms with Gasteiger partial charge in [0.25, 0.3) is 5.91 Å². The van der Waals surface area contributed by atoms with E-state index in [0.29, 0.717) is 21.5 Å². The largest absolute Gasteiger partial charge is 0.481 e. The molecule has 0 bridgehead atoms. The number of amides is 1. The molecule has 0 saturated heterocycles. The van der Waals surface area contributed by atoms with E-state index in [0.717, 1.165) is 0 Å². The fourth-order valence-electron chi connectivity index (χ4n) is 1.62. The second-order valence-corrected chi connectivity index (χ2v) is 5.29. The first-order valence-electron chi connectivity index (χ1n) is 6.58. The lowest BCUT2D eigenvalue weighted by Gasteiger charge is -2.14. The molecular weight excluding hydrogens is 343 g/mol. The number of nitrogens with one attached hydrogen (secondary N) is 1. The summed E-state index contributed by atoms with van der Waals surface area (Å²) in [7, 11) is 1.35. The van der Waals surface area contributed by atoms with Crippen LogP contribution in [0.1, 0.15) is 6.92 Å². The molecule has 1 unspecified atom stereocenters. The van der Waals surface area contributed by atoms with E-state index in [1.165, 1.54) is 13.3 Å². The van der Waals surface area contributed by atoms with Crippen molar-refractivity contribution in [2.45, 2.75) is 13.0 Å². The van der Waals surface area contributed by atoms with E-state index in [1.54, 1.807) is 37.3 Å². The van der Waals surface area contributed by atoms with Gasteiger partial charge in [-0.2, -0.15) is 0 Å². The second kappa shape index (κ2) is 8.01. The molecule has 2 aromatic rings. The number of hydrogen-bond donors (Lipinski definition) is 1.